The fourth-order valence-corrected chi connectivity index (χ4v) is 5.48. The van der Waals surface area contributed by atoms with Gasteiger partial charge in [0.2, 0.25) is 0 Å². The first kappa shape index (κ1) is 16.3. The van der Waals surface area contributed by atoms with Crippen LogP contribution < -0.4 is 0 Å². The second-order valence-corrected chi connectivity index (χ2v) is 8.62. The first-order valence-electron chi connectivity index (χ1n) is 10.0. The van der Waals surface area contributed by atoms with E-state index in [1.54, 1.807) is 0 Å². The zero-order chi connectivity index (χ0) is 19.7. The zero-order valence-corrected chi connectivity index (χ0v) is 16.8. The number of benzene rings is 4. The summed E-state index contributed by atoms with van der Waals surface area (Å²) in [6.07, 6.45) is 0. The highest BCUT2D eigenvalue weighted by atomic mass is 32.2. The molecule has 0 unspecified atom stereocenters. The third-order valence-electron chi connectivity index (χ3n) is 5.90. The molecule has 2 aromatic heterocycles. The molecule has 0 bridgehead atoms. The molecule has 4 heteroatoms. The van der Waals surface area contributed by atoms with Crippen LogP contribution >= 0.6 is 11.8 Å². The lowest BCUT2D eigenvalue weighted by Gasteiger charge is -2.20. The summed E-state index contributed by atoms with van der Waals surface area (Å²) in [4.78, 5) is 6.14. The minimum atomic E-state index is 0.889. The molecule has 0 atom stereocenters. The number of rotatable bonds is 1. The first-order valence-corrected chi connectivity index (χ1v) is 11.0. The van der Waals surface area contributed by atoms with Gasteiger partial charge in [0.1, 0.15) is 17.0 Å². The van der Waals surface area contributed by atoms with E-state index in [9.17, 15) is 0 Å². The van der Waals surface area contributed by atoms with E-state index in [-0.39, 0.29) is 0 Å². The summed E-state index contributed by atoms with van der Waals surface area (Å²) in [6, 6.07) is 29.7. The smallest absolute Gasteiger partial charge is 0.143 e. The Balaban J connectivity index is 1.50. The van der Waals surface area contributed by atoms with E-state index in [0.717, 1.165) is 55.7 Å². The van der Waals surface area contributed by atoms with Crippen LogP contribution in [0.25, 0.3) is 49.8 Å². The standard InChI is InChI=1S/C26H16N2OS/c1-4-11-23-18(6-1)19-8-5-7-17(26(19)29-23)16-12-13-24-22(14-16)28-21-10-3-2-9-20(21)27-25(28)15-30-24/h1-14H,15H2. The predicted octanol–water partition coefficient (Wildman–Crippen LogP) is 7.20. The van der Waals surface area contributed by atoms with E-state index in [4.69, 9.17) is 9.40 Å². The third kappa shape index (κ3) is 2.20. The molecule has 142 valence electrons. The largest absolute Gasteiger partial charge is 0.455 e. The van der Waals surface area contributed by atoms with E-state index in [2.05, 4.69) is 71.3 Å². The third-order valence-corrected chi connectivity index (χ3v) is 6.96. The van der Waals surface area contributed by atoms with E-state index >= 15 is 0 Å². The molecular weight excluding hydrogens is 388 g/mol. The first-order chi connectivity index (χ1) is 14.9. The highest BCUT2D eigenvalue weighted by Gasteiger charge is 2.21. The Morgan fingerprint density at radius 1 is 0.833 bits per heavy atom. The lowest BCUT2D eigenvalue weighted by molar-refractivity contribution is 0.670. The second kappa shape index (κ2) is 6.00. The summed E-state index contributed by atoms with van der Waals surface area (Å²) in [6.45, 7) is 0. The molecule has 4 aromatic carbocycles. The van der Waals surface area contributed by atoms with Gasteiger partial charge in [0.15, 0.2) is 0 Å². The van der Waals surface area contributed by atoms with Crippen LogP contribution in [0.5, 0.6) is 0 Å². The number of para-hydroxylation sites is 4. The van der Waals surface area contributed by atoms with Crippen molar-refractivity contribution < 1.29 is 4.42 Å². The molecule has 1 aliphatic rings. The second-order valence-electron chi connectivity index (χ2n) is 7.60. The summed E-state index contributed by atoms with van der Waals surface area (Å²) in [5.74, 6) is 1.99. The zero-order valence-electron chi connectivity index (χ0n) is 16.0. The highest BCUT2D eigenvalue weighted by molar-refractivity contribution is 7.98. The number of imidazole rings is 1. The van der Waals surface area contributed by atoms with Gasteiger partial charge in [-0.2, -0.15) is 0 Å². The topological polar surface area (TPSA) is 31.0 Å². The molecule has 0 spiro atoms. The molecule has 0 N–H and O–H groups in total. The van der Waals surface area contributed by atoms with Crippen LogP contribution in [0.1, 0.15) is 5.82 Å². The van der Waals surface area contributed by atoms with Crippen molar-refractivity contribution in [2.24, 2.45) is 0 Å². The van der Waals surface area contributed by atoms with Gasteiger partial charge < -0.3 is 4.42 Å². The molecule has 0 saturated carbocycles. The van der Waals surface area contributed by atoms with Gasteiger partial charge in [-0.15, -0.1) is 11.8 Å². The summed E-state index contributed by atoms with van der Waals surface area (Å²) >= 11 is 1.85. The molecule has 1 aliphatic heterocycles. The average molecular weight is 404 g/mol. The van der Waals surface area contributed by atoms with Gasteiger partial charge in [-0.3, -0.25) is 4.57 Å². The molecule has 7 rings (SSSR count). The molecule has 0 radical (unpaired) electrons. The SMILES string of the molecule is c1ccc2c(c1)nc1n2-c2cc(-c3cccc4c3oc3ccccc34)ccc2SC1. The predicted molar refractivity (Wildman–Crippen MR) is 123 cm³/mol. The Morgan fingerprint density at radius 3 is 2.70 bits per heavy atom. The fourth-order valence-electron chi connectivity index (χ4n) is 4.54. The van der Waals surface area contributed by atoms with Gasteiger partial charge in [0.25, 0.3) is 0 Å². The molecular formula is C26H16N2OS. The van der Waals surface area contributed by atoms with Gasteiger partial charge >= 0.3 is 0 Å². The van der Waals surface area contributed by atoms with E-state index in [1.165, 1.54) is 10.6 Å². The van der Waals surface area contributed by atoms with Gasteiger partial charge in [0, 0.05) is 21.2 Å². The summed E-state index contributed by atoms with van der Waals surface area (Å²) in [5, 5.41) is 2.31. The minimum absolute atomic E-state index is 0.889. The van der Waals surface area contributed by atoms with Crippen LogP contribution in [0.3, 0.4) is 0 Å². The van der Waals surface area contributed by atoms with E-state index < -0.39 is 0 Å². The van der Waals surface area contributed by atoms with Crippen molar-refractivity contribution in [3.05, 3.63) is 90.8 Å². The van der Waals surface area contributed by atoms with Crippen molar-refractivity contribution in [3.8, 4) is 16.8 Å². The normalized spacial score (nSPS) is 13.1. The molecule has 0 aliphatic carbocycles. The summed E-state index contributed by atoms with van der Waals surface area (Å²) in [5.41, 5.74) is 7.55. The lowest BCUT2D eigenvalue weighted by atomic mass is 10.0. The van der Waals surface area contributed by atoms with Crippen LogP contribution in [0.4, 0.5) is 0 Å². The van der Waals surface area contributed by atoms with Crippen LogP contribution in [-0.2, 0) is 5.75 Å². The Kier molecular flexibility index (Phi) is 3.26. The Hall–Kier alpha value is -3.50. The molecule has 0 saturated heterocycles. The minimum Gasteiger partial charge on any atom is -0.455 e. The number of fused-ring (bicyclic) bond motifs is 8. The van der Waals surface area contributed by atoms with Crippen molar-refractivity contribution in [3.63, 3.8) is 0 Å². The van der Waals surface area contributed by atoms with Crippen molar-refractivity contribution in [1.82, 2.24) is 9.55 Å². The van der Waals surface area contributed by atoms with Crippen molar-refractivity contribution in [2.75, 3.05) is 0 Å². The number of aromatic nitrogens is 2. The molecule has 0 amide bonds. The van der Waals surface area contributed by atoms with Gasteiger partial charge in [-0.25, -0.2) is 4.98 Å². The van der Waals surface area contributed by atoms with Crippen LogP contribution in [-0.4, -0.2) is 9.55 Å². The number of thioether (sulfide) groups is 1. The Labute approximate surface area is 177 Å². The van der Waals surface area contributed by atoms with Crippen LogP contribution in [0, 0.1) is 0 Å². The van der Waals surface area contributed by atoms with Crippen molar-refractivity contribution in [2.45, 2.75) is 10.6 Å². The summed E-state index contributed by atoms with van der Waals surface area (Å²) < 4.78 is 8.59. The van der Waals surface area contributed by atoms with Crippen molar-refractivity contribution in [1.29, 1.82) is 0 Å². The maximum atomic E-state index is 6.28. The highest BCUT2D eigenvalue weighted by Crippen LogP contribution is 2.41. The van der Waals surface area contributed by atoms with E-state index in [0.29, 0.717) is 0 Å². The Bertz CT molecular complexity index is 1610. The fraction of sp³-hybridized carbons (Fsp3) is 0.0385. The maximum absolute atomic E-state index is 6.28. The summed E-state index contributed by atoms with van der Waals surface area (Å²) in [7, 11) is 0. The van der Waals surface area contributed by atoms with Crippen molar-refractivity contribution >= 4 is 44.7 Å². The Morgan fingerprint density at radius 2 is 1.70 bits per heavy atom. The number of nitrogens with zero attached hydrogens (tertiary/aromatic N) is 2. The lowest BCUT2D eigenvalue weighted by Crippen LogP contribution is -2.06. The van der Waals surface area contributed by atoms with Crippen LogP contribution in [0.2, 0.25) is 0 Å². The molecule has 6 aromatic rings. The quantitative estimate of drug-likeness (QED) is 0.290. The molecule has 3 nitrogen and oxygen atoms in total. The van der Waals surface area contributed by atoms with Gasteiger partial charge in [-0.1, -0.05) is 54.6 Å². The average Bonchev–Trinajstić information content (AvgIpc) is 3.37. The van der Waals surface area contributed by atoms with E-state index in [1.807, 2.05) is 30.0 Å². The number of hydrogen-bond donors (Lipinski definition) is 0. The molecule has 0 fully saturated rings. The maximum Gasteiger partial charge on any atom is 0.143 e. The monoisotopic (exact) mass is 404 g/mol. The number of furan rings is 1. The number of hydrogen-bond acceptors (Lipinski definition) is 3. The van der Waals surface area contributed by atoms with Gasteiger partial charge in [0.05, 0.1) is 22.5 Å². The molecule has 30 heavy (non-hydrogen) atoms. The molecule has 3 heterocycles. The van der Waals surface area contributed by atoms with Crippen LogP contribution in [0.15, 0.2) is 94.2 Å². The van der Waals surface area contributed by atoms with Gasteiger partial charge in [-0.05, 0) is 35.9 Å².